The number of rotatable bonds is 7. The first-order valence-electron chi connectivity index (χ1n) is 8.40. The molecular weight excluding hydrogens is 462 g/mol. The monoisotopic (exact) mass is 477 g/mol. The van der Waals surface area contributed by atoms with Crippen LogP contribution in [0.2, 0.25) is 0 Å². The summed E-state index contributed by atoms with van der Waals surface area (Å²) in [7, 11) is 1.43. The van der Waals surface area contributed by atoms with Gasteiger partial charge in [-0.15, -0.1) is 0 Å². The number of imide groups is 1. The predicted octanol–water partition coefficient (Wildman–Crippen LogP) is 4.16. The zero-order valence-corrected chi connectivity index (χ0v) is 17.7. The van der Waals surface area contributed by atoms with Gasteiger partial charge in [0.1, 0.15) is 0 Å². The summed E-state index contributed by atoms with van der Waals surface area (Å²) >= 11 is 4.17. The van der Waals surface area contributed by atoms with E-state index in [4.69, 9.17) is 14.6 Å². The summed E-state index contributed by atoms with van der Waals surface area (Å²) in [6, 6.07) is 12.3. The molecule has 2 amide bonds. The van der Waals surface area contributed by atoms with Gasteiger partial charge in [-0.1, -0.05) is 40.2 Å². The van der Waals surface area contributed by atoms with Crippen molar-refractivity contribution in [2.75, 3.05) is 13.7 Å². The Labute approximate surface area is 179 Å². The summed E-state index contributed by atoms with van der Waals surface area (Å²) < 4.78 is 11.5. The van der Waals surface area contributed by atoms with Crippen LogP contribution in [0.25, 0.3) is 6.08 Å². The van der Waals surface area contributed by atoms with Crippen LogP contribution in [-0.4, -0.2) is 40.8 Å². The number of carboxylic acids is 1. The number of amides is 2. The molecule has 1 N–H and O–H groups in total. The van der Waals surface area contributed by atoms with Crippen molar-refractivity contribution < 1.29 is 29.0 Å². The molecule has 3 rings (SSSR count). The first-order valence-corrected chi connectivity index (χ1v) is 10.0. The number of benzene rings is 2. The molecule has 150 valence electrons. The summed E-state index contributed by atoms with van der Waals surface area (Å²) in [5.74, 6) is -1.04. The fourth-order valence-corrected chi connectivity index (χ4v) is 3.74. The normalized spacial score (nSPS) is 15.1. The van der Waals surface area contributed by atoms with Crippen LogP contribution in [0.15, 0.2) is 51.8 Å². The lowest BCUT2D eigenvalue weighted by Crippen LogP contribution is -2.27. The maximum Gasteiger partial charge on any atom is 0.341 e. The molecule has 0 radical (unpaired) electrons. The van der Waals surface area contributed by atoms with E-state index in [2.05, 4.69) is 15.9 Å². The molecule has 2 aromatic rings. The molecule has 0 aliphatic carbocycles. The Bertz CT molecular complexity index is 989. The Morgan fingerprint density at radius 3 is 2.59 bits per heavy atom. The van der Waals surface area contributed by atoms with Gasteiger partial charge >= 0.3 is 5.97 Å². The molecule has 1 fully saturated rings. The van der Waals surface area contributed by atoms with E-state index < -0.39 is 18.5 Å². The number of hydrogen-bond donors (Lipinski definition) is 1. The Kier molecular flexibility index (Phi) is 6.60. The van der Waals surface area contributed by atoms with Gasteiger partial charge in [-0.05, 0) is 41.6 Å². The van der Waals surface area contributed by atoms with Gasteiger partial charge in [-0.25, -0.2) is 4.79 Å². The van der Waals surface area contributed by atoms with Gasteiger partial charge in [0.25, 0.3) is 11.1 Å². The molecule has 0 saturated carbocycles. The SMILES string of the molecule is COc1cccc(/C=C2\SC(=O)N(Cc3ccc(Br)cc3)C2=O)c1OCC(=O)O. The number of aliphatic carboxylic acids is 1. The molecule has 29 heavy (non-hydrogen) atoms. The average Bonchev–Trinajstić information content (AvgIpc) is 2.95. The lowest BCUT2D eigenvalue weighted by Gasteiger charge is -2.13. The molecular formula is C20H16BrNO6S. The van der Waals surface area contributed by atoms with E-state index in [9.17, 15) is 14.4 Å². The number of methoxy groups -OCH3 is 1. The van der Waals surface area contributed by atoms with Crippen LogP contribution < -0.4 is 9.47 Å². The number of para-hydroxylation sites is 1. The summed E-state index contributed by atoms with van der Waals surface area (Å²) in [4.78, 5) is 37.4. The molecule has 0 unspecified atom stereocenters. The Morgan fingerprint density at radius 1 is 1.21 bits per heavy atom. The van der Waals surface area contributed by atoms with Crippen molar-refractivity contribution in [3.8, 4) is 11.5 Å². The van der Waals surface area contributed by atoms with Crippen molar-refractivity contribution in [2.24, 2.45) is 0 Å². The summed E-state index contributed by atoms with van der Waals surface area (Å²) in [5.41, 5.74) is 1.27. The quantitative estimate of drug-likeness (QED) is 0.598. The predicted molar refractivity (Wildman–Crippen MR) is 112 cm³/mol. The van der Waals surface area contributed by atoms with E-state index in [1.54, 1.807) is 18.2 Å². The highest BCUT2D eigenvalue weighted by molar-refractivity contribution is 9.10. The molecule has 0 bridgehead atoms. The summed E-state index contributed by atoms with van der Waals surface area (Å²) in [5, 5.41) is 8.51. The number of ether oxygens (including phenoxy) is 2. The minimum absolute atomic E-state index is 0.162. The van der Waals surface area contributed by atoms with E-state index in [1.165, 1.54) is 13.2 Å². The van der Waals surface area contributed by atoms with Gasteiger partial charge in [0, 0.05) is 10.0 Å². The van der Waals surface area contributed by atoms with Crippen LogP contribution in [0.1, 0.15) is 11.1 Å². The van der Waals surface area contributed by atoms with Gasteiger partial charge < -0.3 is 14.6 Å². The fraction of sp³-hybridized carbons (Fsp3) is 0.150. The summed E-state index contributed by atoms with van der Waals surface area (Å²) in [6.07, 6.45) is 1.51. The Hall–Kier alpha value is -2.78. The van der Waals surface area contributed by atoms with Crippen LogP contribution in [-0.2, 0) is 16.1 Å². The number of carbonyl (C=O) groups excluding carboxylic acids is 2. The second kappa shape index (κ2) is 9.15. The molecule has 0 aromatic heterocycles. The lowest BCUT2D eigenvalue weighted by atomic mass is 10.1. The van der Waals surface area contributed by atoms with Gasteiger partial charge in [0.15, 0.2) is 18.1 Å². The highest BCUT2D eigenvalue weighted by Gasteiger charge is 2.35. The molecule has 1 aliphatic rings. The van der Waals surface area contributed by atoms with Crippen LogP contribution >= 0.6 is 27.7 Å². The van der Waals surface area contributed by atoms with Crippen molar-refractivity contribution in [1.82, 2.24) is 4.90 Å². The van der Waals surface area contributed by atoms with E-state index in [1.807, 2.05) is 24.3 Å². The molecule has 2 aromatic carbocycles. The lowest BCUT2D eigenvalue weighted by molar-refractivity contribution is -0.139. The molecule has 0 spiro atoms. The third kappa shape index (κ3) is 4.99. The van der Waals surface area contributed by atoms with Gasteiger partial charge in [-0.2, -0.15) is 0 Å². The smallest absolute Gasteiger partial charge is 0.341 e. The minimum Gasteiger partial charge on any atom is -0.493 e. The van der Waals surface area contributed by atoms with Crippen molar-refractivity contribution in [1.29, 1.82) is 0 Å². The van der Waals surface area contributed by atoms with Crippen molar-refractivity contribution >= 4 is 50.9 Å². The minimum atomic E-state index is -1.14. The number of hydrogen-bond acceptors (Lipinski definition) is 6. The van der Waals surface area contributed by atoms with E-state index in [-0.39, 0.29) is 22.4 Å². The third-order valence-electron chi connectivity index (χ3n) is 3.98. The second-order valence-corrected chi connectivity index (χ2v) is 7.86. The van der Waals surface area contributed by atoms with E-state index in [0.29, 0.717) is 11.3 Å². The summed E-state index contributed by atoms with van der Waals surface area (Å²) in [6.45, 7) is -0.401. The number of carbonyl (C=O) groups is 3. The molecule has 1 heterocycles. The highest BCUT2D eigenvalue weighted by atomic mass is 79.9. The van der Waals surface area contributed by atoms with Crippen LogP contribution in [0.5, 0.6) is 11.5 Å². The molecule has 7 nitrogen and oxygen atoms in total. The Balaban J connectivity index is 1.87. The van der Waals surface area contributed by atoms with Crippen LogP contribution in [0.3, 0.4) is 0 Å². The molecule has 9 heteroatoms. The van der Waals surface area contributed by atoms with Gasteiger partial charge in [0.05, 0.1) is 18.6 Å². The van der Waals surface area contributed by atoms with Crippen molar-refractivity contribution in [2.45, 2.75) is 6.54 Å². The maximum absolute atomic E-state index is 12.8. The first-order chi connectivity index (χ1) is 13.9. The topological polar surface area (TPSA) is 93.1 Å². The molecule has 1 saturated heterocycles. The van der Waals surface area contributed by atoms with Crippen LogP contribution in [0, 0.1) is 0 Å². The van der Waals surface area contributed by atoms with Crippen molar-refractivity contribution in [3.05, 3.63) is 63.0 Å². The zero-order chi connectivity index (χ0) is 21.0. The standard InChI is InChI=1S/C20H16BrNO6S/c1-27-15-4-2-3-13(18(15)28-11-17(23)24)9-16-19(25)22(20(26)29-16)10-12-5-7-14(21)8-6-12/h2-9H,10-11H2,1H3,(H,23,24)/b16-9-. The zero-order valence-electron chi connectivity index (χ0n) is 15.3. The van der Waals surface area contributed by atoms with Crippen LogP contribution in [0.4, 0.5) is 4.79 Å². The number of halogens is 1. The average molecular weight is 478 g/mol. The highest BCUT2D eigenvalue weighted by Crippen LogP contribution is 2.37. The molecule has 1 aliphatic heterocycles. The van der Waals surface area contributed by atoms with E-state index in [0.717, 1.165) is 26.7 Å². The van der Waals surface area contributed by atoms with Gasteiger partial charge in [-0.3, -0.25) is 14.5 Å². The number of thioether (sulfide) groups is 1. The first kappa shape index (κ1) is 20.9. The number of carboxylic acid groups (broad SMARTS) is 1. The second-order valence-electron chi connectivity index (χ2n) is 5.96. The fourth-order valence-electron chi connectivity index (χ4n) is 2.65. The van der Waals surface area contributed by atoms with E-state index >= 15 is 0 Å². The maximum atomic E-state index is 12.8. The van der Waals surface area contributed by atoms with Crippen molar-refractivity contribution in [3.63, 3.8) is 0 Å². The number of nitrogens with zero attached hydrogens (tertiary/aromatic N) is 1. The third-order valence-corrected chi connectivity index (χ3v) is 5.42. The Morgan fingerprint density at radius 2 is 1.93 bits per heavy atom. The molecule has 0 atom stereocenters. The largest absolute Gasteiger partial charge is 0.493 e. The van der Waals surface area contributed by atoms with Gasteiger partial charge in [0.2, 0.25) is 0 Å².